The van der Waals surface area contributed by atoms with Crippen LogP contribution in [-0.4, -0.2) is 38.1 Å². The van der Waals surface area contributed by atoms with E-state index < -0.39 is 11.7 Å². The first-order valence-electron chi connectivity index (χ1n) is 8.11. The second-order valence-corrected chi connectivity index (χ2v) is 6.66. The summed E-state index contributed by atoms with van der Waals surface area (Å²) in [6.45, 7) is 1.05. The normalized spacial score (nSPS) is 14.1. The van der Waals surface area contributed by atoms with Gasteiger partial charge in [-0.15, -0.1) is 0 Å². The van der Waals surface area contributed by atoms with E-state index in [1.807, 2.05) is 31.1 Å². The fourth-order valence-corrected chi connectivity index (χ4v) is 3.25. The Hall–Kier alpha value is -2.11. The second kappa shape index (κ2) is 7.42. The minimum Gasteiger partial charge on any atom is -0.493 e. The Morgan fingerprint density at radius 2 is 2.16 bits per heavy atom. The van der Waals surface area contributed by atoms with Gasteiger partial charge in [0.25, 0.3) is 5.91 Å². The molecule has 2 aromatic rings. The molecule has 4 nitrogen and oxygen atoms in total. The summed E-state index contributed by atoms with van der Waals surface area (Å²) in [4.78, 5) is 14.4. The van der Waals surface area contributed by atoms with E-state index in [2.05, 4.69) is 11.4 Å². The zero-order valence-electron chi connectivity index (χ0n) is 14.2. The third-order valence-corrected chi connectivity index (χ3v) is 4.68. The summed E-state index contributed by atoms with van der Waals surface area (Å²) < 4.78 is 19.4. The number of benzene rings is 2. The van der Waals surface area contributed by atoms with Gasteiger partial charge in [-0.05, 0) is 43.4 Å². The molecule has 1 aliphatic rings. The van der Waals surface area contributed by atoms with E-state index in [-0.39, 0.29) is 16.6 Å². The van der Waals surface area contributed by atoms with Gasteiger partial charge < -0.3 is 15.0 Å². The summed E-state index contributed by atoms with van der Waals surface area (Å²) in [6, 6.07) is 10.2. The first-order chi connectivity index (χ1) is 12.0. The molecule has 25 heavy (non-hydrogen) atoms. The maximum atomic E-state index is 13.9. The van der Waals surface area contributed by atoms with Gasteiger partial charge in [-0.25, -0.2) is 4.39 Å². The average Bonchev–Trinajstić information content (AvgIpc) is 3.02. The van der Waals surface area contributed by atoms with Crippen molar-refractivity contribution in [1.29, 1.82) is 0 Å². The number of hydrogen-bond donors (Lipinski definition) is 1. The number of carbonyl (C=O) groups is 1. The van der Waals surface area contributed by atoms with Gasteiger partial charge in [0.1, 0.15) is 11.6 Å². The van der Waals surface area contributed by atoms with E-state index in [0.717, 1.165) is 17.7 Å². The van der Waals surface area contributed by atoms with Gasteiger partial charge in [-0.2, -0.15) is 0 Å². The van der Waals surface area contributed by atoms with Gasteiger partial charge in [0, 0.05) is 13.0 Å². The first kappa shape index (κ1) is 17.7. The maximum Gasteiger partial charge on any atom is 0.255 e. The molecule has 0 saturated heterocycles. The van der Waals surface area contributed by atoms with E-state index in [4.69, 9.17) is 16.3 Å². The third kappa shape index (κ3) is 3.78. The van der Waals surface area contributed by atoms with E-state index in [9.17, 15) is 9.18 Å². The van der Waals surface area contributed by atoms with Crippen LogP contribution in [0.2, 0.25) is 5.02 Å². The zero-order chi connectivity index (χ0) is 18.0. The summed E-state index contributed by atoms with van der Waals surface area (Å²) in [6.07, 6.45) is 0.889. The minimum atomic E-state index is -0.624. The molecule has 132 valence electrons. The van der Waals surface area contributed by atoms with Gasteiger partial charge in [0.05, 0.1) is 23.2 Å². The molecule has 0 radical (unpaired) electrons. The largest absolute Gasteiger partial charge is 0.493 e. The van der Waals surface area contributed by atoms with Gasteiger partial charge in [0.2, 0.25) is 0 Å². The lowest BCUT2D eigenvalue weighted by atomic mass is 10.0. The number of nitrogens with zero attached hydrogens (tertiary/aromatic N) is 1. The van der Waals surface area contributed by atoms with Crippen molar-refractivity contribution in [2.45, 2.75) is 12.5 Å². The molecule has 6 heteroatoms. The van der Waals surface area contributed by atoms with E-state index in [1.54, 1.807) is 0 Å². The lowest BCUT2D eigenvalue weighted by Gasteiger charge is -2.25. The number of likely N-dealkylation sites (N-methyl/N-ethyl adjacent to an activating group) is 1. The molecule has 1 aliphatic heterocycles. The van der Waals surface area contributed by atoms with Crippen LogP contribution in [0.15, 0.2) is 36.4 Å². The lowest BCUT2D eigenvalue weighted by Crippen LogP contribution is -2.35. The molecule has 0 spiro atoms. The van der Waals surface area contributed by atoms with E-state index in [0.29, 0.717) is 13.2 Å². The minimum absolute atomic E-state index is 0.0413. The second-order valence-electron chi connectivity index (χ2n) is 6.25. The van der Waals surface area contributed by atoms with Crippen LogP contribution in [0.4, 0.5) is 4.39 Å². The zero-order valence-corrected chi connectivity index (χ0v) is 14.9. The van der Waals surface area contributed by atoms with E-state index >= 15 is 0 Å². The Morgan fingerprint density at radius 3 is 2.88 bits per heavy atom. The van der Waals surface area contributed by atoms with Gasteiger partial charge in [-0.1, -0.05) is 29.8 Å². The number of halogens is 2. The summed E-state index contributed by atoms with van der Waals surface area (Å²) >= 11 is 5.96. The van der Waals surface area contributed by atoms with Crippen molar-refractivity contribution in [2.24, 2.45) is 0 Å². The number of carbonyl (C=O) groups excluding carboxylic acids is 1. The average molecular weight is 363 g/mol. The number of hydrogen-bond acceptors (Lipinski definition) is 3. The Morgan fingerprint density at radius 1 is 1.36 bits per heavy atom. The number of nitrogens with one attached hydrogen (secondary N) is 1. The lowest BCUT2D eigenvalue weighted by molar-refractivity contribution is 0.0938. The van der Waals surface area contributed by atoms with Crippen LogP contribution in [-0.2, 0) is 6.42 Å². The fraction of sp³-hybridized carbons (Fsp3) is 0.316. The number of fused-ring (bicyclic) bond motifs is 1. The first-order valence-corrected chi connectivity index (χ1v) is 8.49. The smallest absolute Gasteiger partial charge is 0.255 e. The molecule has 0 fully saturated rings. The van der Waals surface area contributed by atoms with E-state index in [1.165, 1.54) is 23.8 Å². The highest BCUT2D eigenvalue weighted by molar-refractivity contribution is 6.33. The summed E-state index contributed by atoms with van der Waals surface area (Å²) in [5.41, 5.74) is 2.13. The van der Waals surface area contributed by atoms with Crippen LogP contribution in [0, 0.1) is 5.82 Å². The molecule has 1 amide bonds. The van der Waals surface area contributed by atoms with Crippen LogP contribution in [0.5, 0.6) is 5.75 Å². The summed E-state index contributed by atoms with van der Waals surface area (Å²) in [5.74, 6) is -0.219. The predicted molar refractivity (Wildman–Crippen MR) is 95.8 cm³/mol. The van der Waals surface area contributed by atoms with Crippen LogP contribution in [0.1, 0.15) is 27.5 Å². The highest BCUT2D eigenvalue weighted by Crippen LogP contribution is 2.29. The SMILES string of the molecule is CN(C)[C@@H](CNC(=O)c1c(F)cccc1Cl)c1ccc2c(c1)CCO2. The highest BCUT2D eigenvalue weighted by Gasteiger charge is 2.21. The molecule has 1 N–H and O–H groups in total. The molecular weight excluding hydrogens is 343 g/mol. The Labute approximate surface area is 151 Å². The van der Waals surface area contributed by atoms with Crippen molar-refractivity contribution in [1.82, 2.24) is 10.2 Å². The van der Waals surface area contributed by atoms with Crippen molar-refractivity contribution in [3.63, 3.8) is 0 Å². The fourth-order valence-electron chi connectivity index (χ4n) is 3.00. The Kier molecular flexibility index (Phi) is 5.25. The van der Waals surface area contributed by atoms with Crippen LogP contribution < -0.4 is 10.1 Å². The number of rotatable bonds is 5. The third-order valence-electron chi connectivity index (χ3n) is 4.37. The predicted octanol–water partition coefficient (Wildman–Crippen LogP) is 3.45. The Balaban J connectivity index is 1.76. The molecule has 0 bridgehead atoms. The molecule has 0 saturated carbocycles. The van der Waals surface area contributed by atoms with Gasteiger partial charge >= 0.3 is 0 Å². The molecule has 2 aromatic carbocycles. The standard InChI is InChI=1S/C19H20ClFN2O2/c1-23(2)16(12-6-7-17-13(10-12)8-9-25-17)11-22-19(24)18-14(20)4-3-5-15(18)21/h3-7,10,16H,8-9,11H2,1-2H3,(H,22,24)/t16-/m0/s1. The van der Waals surface area contributed by atoms with Crippen molar-refractivity contribution < 1.29 is 13.9 Å². The molecule has 1 atom stereocenters. The van der Waals surface area contributed by atoms with Crippen molar-refractivity contribution in [3.05, 3.63) is 63.9 Å². The molecular formula is C19H20ClFN2O2. The topological polar surface area (TPSA) is 41.6 Å². The molecule has 0 unspecified atom stereocenters. The Bertz CT molecular complexity index is 775. The summed E-state index contributed by atoms with van der Waals surface area (Å²) in [5, 5.41) is 2.90. The molecule has 0 aliphatic carbocycles. The number of ether oxygens (including phenoxy) is 1. The van der Waals surface area contributed by atoms with Crippen molar-refractivity contribution >= 4 is 17.5 Å². The van der Waals surface area contributed by atoms with Crippen LogP contribution >= 0.6 is 11.6 Å². The quantitative estimate of drug-likeness (QED) is 0.885. The monoisotopic (exact) mass is 362 g/mol. The highest BCUT2D eigenvalue weighted by atomic mass is 35.5. The van der Waals surface area contributed by atoms with Crippen molar-refractivity contribution in [2.75, 3.05) is 27.2 Å². The van der Waals surface area contributed by atoms with Crippen LogP contribution in [0.3, 0.4) is 0 Å². The van der Waals surface area contributed by atoms with Gasteiger partial charge in [-0.3, -0.25) is 4.79 Å². The number of amides is 1. The van der Waals surface area contributed by atoms with Gasteiger partial charge in [0.15, 0.2) is 0 Å². The molecule has 3 rings (SSSR count). The van der Waals surface area contributed by atoms with Crippen LogP contribution in [0.25, 0.3) is 0 Å². The maximum absolute atomic E-state index is 13.9. The molecule has 1 heterocycles. The molecule has 0 aromatic heterocycles. The summed E-state index contributed by atoms with van der Waals surface area (Å²) in [7, 11) is 3.88. The van der Waals surface area contributed by atoms with Crippen molar-refractivity contribution in [3.8, 4) is 5.75 Å².